The van der Waals surface area contributed by atoms with Crippen molar-refractivity contribution in [2.75, 3.05) is 13.7 Å². The van der Waals surface area contributed by atoms with Crippen molar-refractivity contribution in [2.45, 2.75) is 101 Å². The largest absolute Gasteiger partial charge is 0.469 e. The van der Waals surface area contributed by atoms with E-state index in [-0.39, 0.29) is 30.2 Å². The van der Waals surface area contributed by atoms with Crippen LogP contribution in [0, 0.1) is 11.3 Å². The number of Topliss-reactive ketones (excluding diaryl/α,β-unsaturated/α-hetero) is 1. The molecule has 11 nitrogen and oxygen atoms in total. The van der Waals surface area contributed by atoms with Gasteiger partial charge in [0.1, 0.15) is 11.6 Å². The summed E-state index contributed by atoms with van der Waals surface area (Å²) in [6.07, 6.45) is 5.72. The van der Waals surface area contributed by atoms with Gasteiger partial charge in [-0.15, -0.1) is 0 Å². The lowest BCUT2D eigenvalue weighted by molar-refractivity contribution is -0.150. The number of esters is 1. The second kappa shape index (κ2) is 13.7. The number of nitrogens with one attached hydrogen (secondary N) is 1. The summed E-state index contributed by atoms with van der Waals surface area (Å²) in [6.45, 7) is 4.95. The highest BCUT2D eigenvalue weighted by atomic mass is 79.9. The molecule has 0 spiro atoms. The van der Waals surface area contributed by atoms with Crippen molar-refractivity contribution in [3.63, 3.8) is 0 Å². The molecule has 44 heavy (non-hydrogen) atoms. The summed E-state index contributed by atoms with van der Waals surface area (Å²) in [5.74, 6) is -1.58. The number of methoxy groups -OCH3 is 1. The lowest BCUT2D eigenvalue weighted by Crippen LogP contribution is -2.52. The lowest BCUT2D eigenvalue weighted by atomic mass is 9.92. The van der Waals surface area contributed by atoms with E-state index in [1.165, 1.54) is 24.1 Å². The van der Waals surface area contributed by atoms with Crippen molar-refractivity contribution >= 4 is 49.8 Å². The van der Waals surface area contributed by atoms with Crippen LogP contribution in [0.1, 0.15) is 72.1 Å². The van der Waals surface area contributed by atoms with Crippen molar-refractivity contribution in [1.82, 2.24) is 10.2 Å². The topological polar surface area (TPSA) is 145 Å². The number of carbonyl (C=O) groups excluding carboxylic acids is 4. The fourth-order valence-electron chi connectivity index (χ4n) is 5.94. The highest BCUT2D eigenvalue weighted by Crippen LogP contribution is 2.57. The smallest absolute Gasteiger partial charge is 0.408 e. The quantitative estimate of drug-likeness (QED) is 0.264. The van der Waals surface area contributed by atoms with Crippen LogP contribution in [0.15, 0.2) is 45.8 Å². The van der Waals surface area contributed by atoms with Gasteiger partial charge in [-0.05, 0) is 76.6 Å². The molecule has 0 aromatic heterocycles. The molecule has 1 aliphatic carbocycles. The second-order valence-electron chi connectivity index (χ2n) is 12.7. The Balaban J connectivity index is 1.64. The van der Waals surface area contributed by atoms with Gasteiger partial charge in [0.05, 0.1) is 29.6 Å². The van der Waals surface area contributed by atoms with Gasteiger partial charge in [-0.1, -0.05) is 40.9 Å². The molecule has 2 aliphatic heterocycles. The molecular formula is C31H41BrN2O9S. The number of halogens is 1. The maximum atomic E-state index is 14.1. The van der Waals surface area contributed by atoms with Gasteiger partial charge in [0.2, 0.25) is 5.91 Å². The highest BCUT2D eigenvalue weighted by molar-refractivity contribution is 9.10. The summed E-state index contributed by atoms with van der Waals surface area (Å²) in [4.78, 5) is 54.9. The third-order valence-electron chi connectivity index (χ3n) is 8.22. The van der Waals surface area contributed by atoms with Crippen molar-refractivity contribution in [3.05, 3.63) is 40.9 Å². The molecule has 2 fully saturated rings. The lowest BCUT2D eigenvalue weighted by Gasteiger charge is -2.30. The Labute approximate surface area is 267 Å². The fraction of sp³-hybridized carbons (Fsp3) is 0.613. The maximum absolute atomic E-state index is 14.1. The Hall–Kier alpha value is -2.77. The predicted octanol–water partition coefficient (Wildman–Crippen LogP) is 4.68. The molecule has 13 heteroatoms. The van der Waals surface area contributed by atoms with Crippen LogP contribution in [-0.2, 0) is 38.2 Å². The summed E-state index contributed by atoms with van der Waals surface area (Å²) in [5.41, 5.74) is -1.83. The number of fused-ring (bicyclic) bond motifs is 2. The molecule has 2 heterocycles. The van der Waals surface area contributed by atoms with Crippen LogP contribution in [0.5, 0.6) is 0 Å². The summed E-state index contributed by atoms with van der Waals surface area (Å²) < 4.78 is 43.0. The normalized spacial score (nSPS) is 29.0. The van der Waals surface area contributed by atoms with Gasteiger partial charge in [-0.25, -0.2) is 4.79 Å². The van der Waals surface area contributed by atoms with Crippen molar-refractivity contribution in [1.29, 1.82) is 0 Å². The maximum Gasteiger partial charge on any atom is 0.408 e. The average Bonchev–Trinajstić information content (AvgIpc) is 3.47. The molecule has 1 unspecified atom stereocenters. The molecule has 0 radical (unpaired) electrons. The summed E-state index contributed by atoms with van der Waals surface area (Å²) in [7, 11) is -2.94. The molecule has 1 N–H and O–H groups in total. The first-order valence-electron chi connectivity index (χ1n) is 14.9. The molecule has 2 amide bonds. The molecule has 0 bridgehead atoms. The molecule has 1 saturated heterocycles. The standard InChI is InChI=1S/C31H41BrN2O9S/c1-30(2,3)42-29(38)33-24-11-9-7-5-6-8-10-20-17-31(20,28(37)41-4)18-26(35)25-16-22(19-34(25)27(24)36)43-44(39,40)23-14-12-21(32)13-15-23/h8,10,12-15,20,22,24-25H,5-7,9,11,16-19H2,1-4H3,(H,33,38)/b10-8-/t20-,22+,24?,25+,31-/m1/s1. The zero-order valence-electron chi connectivity index (χ0n) is 25.5. The van der Waals surface area contributed by atoms with E-state index in [0.29, 0.717) is 23.7 Å². The van der Waals surface area contributed by atoms with E-state index in [2.05, 4.69) is 21.2 Å². The van der Waals surface area contributed by atoms with E-state index in [4.69, 9.17) is 13.7 Å². The molecule has 1 aromatic rings. The van der Waals surface area contributed by atoms with Gasteiger partial charge in [-0.2, -0.15) is 8.42 Å². The first-order valence-corrected chi connectivity index (χ1v) is 17.1. The number of allylic oxidation sites excluding steroid dienone is 2. The Bertz CT molecular complexity index is 1390. The van der Waals surface area contributed by atoms with Gasteiger partial charge >= 0.3 is 12.1 Å². The van der Waals surface area contributed by atoms with E-state index < -0.39 is 63.1 Å². The minimum atomic E-state index is -4.22. The van der Waals surface area contributed by atoms with Gasteiger partial charge in [0.25, 0.3) is 10.1 Å². The number of rotatable bonds is 5. The third-order valence-corrected chi connectivity index (χ3v) is 10.1. The van der Waals surface area contributed by atoms with Crippen LogP contribution in [0.2, 0.25) is 0 Å². The Morgan fingerprint density at radius 1 is 1.09 bits per heavy atom. The van der Waals surface area contributed by atoms with E-state index in [0.717, 1.165) is 19.3 Å². The predicted molar refractivity (Wildman–Crippen MR) is 164 cm³/mol. The van der Waals surface area contributed by atoms with Crippen LogP contribution >= 0.6 is 15.9 Å². The first-order chi connectivity index (χ1) is 20.6. The summed E-state index contributed by atoms with van der Waals surface area (Å²) in [5, 5.41) is 2.68. The number of alkyl carbamates (subject to hydrolysis) is 1. The number of hydrogen-bond donors (Lipinski definition) is 1. The molecule has 1 saturated carbocycles. The number of carbonyl (C=O) groups is 4. The fourth-order valence-corrected chi connectivity index (χ4v) is 7.28. The van der Waals surface area contributed by atoms with Gasteiger partial charge in [0.15, 0.2) is 5.78 Å². The number of nitrogens with zero attached hydrogens (tertiary/aromatic N) is 1. The molecule has 5 atom stereocenters. The van der Waals surface area contributed by atoms with Crippen LogP contribution in [-0.4, -0.2) is 74.5 Å². The molecule has 3 aliphatic rings. The molecule has 4 rings (SSSR count). The van der Waals surface area contributed by atoms with Crippen molar-refractivity contribution < 1.29 is 41.3 Å². The third kappa shape index (κ3) is 8.28. The van der Waals surface area contributed by atoms with Gasteiger partial charge in [-0.3, -0.25) is 18.6 Å². The zero-order chi connectivity index (χ0) is 32.3. The van der Waals surface area contributed by atoms with Crippen molar-refractivity contribution in [2.24, 2.45) is 11.3 Å². The Morgan fingerprint density at radius 2 is 1.80 bits per heavy atom. The Kier molecular flexibility index (Phi) is 10.6. The van der Waals surface area contributed by atoms with E-state index in [9.17, 15) is 27.6 Å². The van der Waals surface area contributed by atoms with Gasteiger partial charge in [0, 0.05) is 23.9 Å². The monoisotopic (exact) mass is 696 g/mol. The highest BCUT2D eigenvalue weighted by Gasteiger charge is 2.61. The minimum absolute atomic E-state index is 0.0652. The minimum Gasteiger partial charge on any atom is -0.469 e. The van der Waals surface area contributed by atoms with Crippen LogP contribution in [0.4, 0.5) is 4.79 Å². The van der Waals surface area contributed by atoms with E-state index in [1.54, 1.807) is 32.9 Å². The second-order valence-corrected chi connectivity index (χ2v) is 15.2. The molecule has 242 valence electrons. The molecule has 1 aromatic carbocycles. The number of hydrogen-bond acceptors (Lipinski definition) is 9. The zero-order valence-corrected chi connectivity index (χ0v) is 27.9. The number of ether oxygens (including phenoxy) is 2. The van der Waals surface area contributed by atoms with E-state index >= 15 is 0 Å². The number of ketones is 1. The summed E-state index contributed by atoms with van der Waals surface area (Å²) in [6, 6.07) is 3.86. The molecular weight excluding hydrogens is 656 g/mol. The summed E-state index contributed by atoms with van der Waals surface area (Å²) >= 11 is 3.28. The van der Waals surface area contributed by atoms with Crippen LogP contribution in [0.25, 0.3) is 0 Å². The number of amides is 2. The number of benzene rings is 1. The van der Waals surface area contributed by atoms with Gasteiger partial charge < -0.3 is 19.7 Å². The SMILES string of the molecule is COC(=O)[C@]12CC(=O)[C@@H]3C[C@H](OS(=O)(=O)c4ccc(Br)cc4)CN3C(=O)C(NC(=O)OC(C)(C)C)CCCCC/C=C\[C@@H]1C2. The average molecular weight is 698 g/mol. The van der Waals surface area contributed by atoms with Crippen LogP contribution in [0.3, 0.4) is 0 Å². The van der Waals surface area contributed by atoms with Crippen molar-refractivity contribution in [3.8, 4) is 0 Å². The first kappa shape index (κ1) is 34.1. The Morgan fingerprint density at radius 3 is 2.45 bits per heavy atom. The van der Waals surface area contributed by atoms with E-state index in [1.807, 2.05) is 12.2 Å². The van der Waals surface area contributed by atoms with Crippen LogP contribution < -0.4 is 5.32 Å².